The van der Waals surface area contributed by atoms with Crippen molar-refractivity contribution in [2.24, 2.45) is 0 Å². The second-order valence-corrected chi connectivity index (χ2v) is 4.71. The van der Waals surface area contributed by atoms with E-state index in [1.54, 1.807) is 11.7 Å². The minimum Gasteiger partial charge on any atom is -0.345 e. The summed E-state index contributed by atoms with van der Waals surface area (Å²) < 4.78 is 0. The van der Waals surface area contributed by atoms with Gasteiger partial charge in [0.1, 0.15) is 9.88 Å². The van der Waals surface area contributed by atoms with Crippen molar-refractivity contribution in [1.82, 2.24) is 15.3 Å². The largest absolute Gasteiger partial charge is 0.345 e. The molecule has 0 bridgehead atoms. The number of carbonyl (C=O) groups is 1. The van der Waals surface area contributed by atoms with Crippen LogP contribution in [0, 0.1) is 6.92 Å². The van der Waals surface area contributed by atoms with Crippen molar-refractivity contribution in [3.05, 3.63) is 32.7 Å². The van der Waals surface area contributed by atoms with Gasteiger partial charge in [-0.1, -0.05) is 0 Å². The van der Waals surface area contributed by atoms with Crippen molar-refractivity contribution >= 4 is 28.6 Å². The van der Waals surface area contributed by atoms with Crippen LogP contribution in [-0.2, 0) is 6.54 Å². The first kappa shape index (κ1) is 10.3. The Labute approximate surface area is 95.0 Å². The number of thiazole rings is 2. The Bertz CT molecular complexity index is 450. The third-order valence-corrected chi connectivity index (χ3v) is 3.54. The summed E-state index contributed by atoms with van der Waals surface area (Å²) in [7, 11) is 0. The molecule has 2 heterocycles. The number of nitrogens with one attached hydrogen (secondary N) is 1. The molecule has 0 saturated heterocycles. The van der Waals surface area contributed by atoms with Gasteiger partial charge in [-0.25, -0.2) is 9.97 Å². The first-order valence-electron chi connectivity index (χ1n) is 4.34. The molecule has 0 spiro atoms. The van der Waals surface area contributed by atoms with Crippen LogP contribution in [0.3, 0.4) is 0 Å². The van der Waals surface area contributed by atoms with E-state index in [2.05, 4.69) is 15.3 Å². The third kappa shape index (κ3) is 2.40. The number of hydrogen-bond acceptors (Lipinski definition) is 5. The summed E-state index contributed by atoms with van der Waals surface area (Å²) in [5.41, 5.74) is 2.45. The monoisotopic (exact) mass is 239 g/mol. The Kier molecular flexibility index (Phi) is 3.08. The lowest BCUT2D eigenvalue weighted by molar-refractivity contribution is 0.0954. The zero-order valence-corrected chi connectivity index (χ0v) is 9.69. The normalized spacial score (nSPS) is 10.2. The summed E-state index contributed by atoms with van der Waals surface area (Å²) in [6, 6.07) is 0. The number of aromatic nitrogens is 2. The van der Waals surface area contributed by atoms with Gasteiger partial charge >= 0.3 is 0 Å². The highest BCUT2D eigenvalue weighted by atomic mass is 32.1. The molecule has 78 valence electrons. The van der Waals surface area contributed by atoms with Crippen LogP contribution in [0.5, 0.6) is 0 Å². The molecule has 1 amide bonds. The minimum atomic E-state index is -0.0785. The molecule has 0 aliphatic heterocycles. The van der Waals surface area contributed by atoms with Crippen LogP contribution in [-0.4, -0.2) is 15.9 Å². The predicted molar refractivity (Wildman–Crippen MR) is 60.1 cm³/mol. The molecular weight excluding hydrogens is 230 g/mol. The van der Waals surface area contributed by atoms with E-state index in [1.165, 1.54) is 22.7 Å². The molecule has 2 aromatic rings. The molecule has 0 aliphatic rings. The fourth-order valence-corrected chi connectivity index (χ4v) is 2.37. The number of carbonyl (C=O) groups excluding carboxylic acids is 1. The molecular formula is C9H9N3OS2. The van der Waals surface area contributed by atoms with Crippen LogP contribution in [0.4, 0.5) is 0 Å². The molecule has 0 atom stereocenters. The van der Waals surface area contributed by atoms with Gasteiger partial charge in [-0.3, -0.25) is 4.79 Å². The van der Waals surface area contributed by atoms with Crippen LogP contribution in [0.1, 0.15) is 20.4 Å². The second-order valence-electron chi connectivity index (χ2n) is 2.88. The predicted octanol–water partition coefficient (Wildman–Crippen LogP) is 1.84. The van der Waals surface area contributed by atoms with Gasteiger partial charge in [-0.05, 0) is 6.92 Å². The lowest BCUT2D eigenvalue weighted by atomic mass is 10.4. The van der Waals surface area contributed by atoms with E-state index in [0.29, 0.717) is 11.4 Å². The van der Waals surface area contributed by atoms with Crippen molar-refractivity contribution in [1.29, 1.82) is 0 Å². The topological polar surface area (TPSA) is 54.9 Å². The van der Waals surface area contributed by atoms with E-state index >= 15 is 0 Å². The lowest BCUT2D eigenvalue weighted by Gasteiger charge is -2.00. The van der Waals surface area contributed by atoms with Gasteiger partial charge in [0.2, 0.25) is 0 Å². The average molecular weight is 239 g/mol. The Hall–Kier alpha value is -1.27. The van der Waals surface area contributed by atoms with Crippen molar-refractivity contribution < 1.29 is 4.79 Å². The van der Waals surface area contributed by atoms with Gasteiger partial charge in [-0.2, -0.15) is 0 Å². The van der Waals surface area contributed by atoms with Gasteiger partial charge in [0.15, 0.2) is 0 Å². The van der Waals surface area contributed by atoms with Crippen LogP contribution in [0.2, 0.25) is 0 Å². The Balaban J connectivity index is 1.96. The fourth-order valence-electron chi connectivity index (χ4n) is 1.10. The summed E-state index contributed by atoms with van der Waals surface area (Å²) in [4.78, 5) is 20.4. The quantitative estimate of drug-likeness (QED) is 0.889. The van der Waals surface area contributed by atoms with Gasteiger partial charge < -0.3 is 5.32 Å². The molecule has 0 saturated carbocycles. The van der Waals surface area contributed by atoms with Crippen LogP contribution < -0.4 is 5.32 Å². The summed E-state index contributed by atoms with van der Waals surface area (Å²) in [6.07, 6.45) is 1.73. The van der Waals surface area contributed by atoms with E-state index in [-0.39, 0.29) is 5.91 Å². The highest BCUT2D eigenvalue weighted by Crippen LogP contribution is 2.12. The van der Waals surface area contributed by atoms with Gasteiger partial charge in [-0.15, -0.1) is 22.7 Å². The van der Waals surface area contributed by atoms with Crippen molar-refractivity contribution in [2.75, 3.05) is 0 Å². The van der Waals surface area contributed by atoms with Crippen LogP contribution in [0.15, 0.2) is 17.1 Å². The number of hydrogen-bond donors (Lipinski definition) is 1. The zero-order chi connectivity index (χ0) is 10.7. The van der Waals surface area contributed by atoms with Crippen molar-refractivity contribution in [3.63, 3.8) is 0 Å². The number of nitrogens with zero attached hydrogens (tertiary/aromatic N) is 2. The second kappa shape index (κ2) is 4.50. The van der Waals surface area contributed by atoms with E-state index in [4.69, 9.17) is 0 Å². The maximum absolute atomic E-state index is 11.7. The van der Waals surface area contributed by atoms with Gasteiger partial charge in [0.25, 0.3) is 5.91 Å². The molecule has 0 unspecified atom stereocenters. The number of aryl methyl sites for hydroxylation is 1. The summed E-state index contributed by atoms with van der Waals surface area (Å²) in [6.45, 7) is 2.31. The maximum atomic E-state index is 11.7. The smallest absolute Gasteiger partial charge is 0.263 e. The molecule has 0 radical (unpaired) electrons. The molecule has 0 aromatic carbocycles. The molecule has 1 N–H and O–H groups in total. The van der Waals surface area contributed by atoms with E-state index in [9.17, 15) is 4.79 Å². The third-order valence-electron chi connectivity index (χ3n) is 1.84. The molecule has 2 rings (SSSR count). The number of rotatable bonds is 3. The zero-order valence-electron chi connectivity index (χ0n) is 8.06. The number of amides is 1. The van der Waals surface area contributed by atoms with Crippen LogP contribution in [0.25, 0.3) is 0 Å². The first-order valence-corrected chi connectivity index (χ1v) is 6.10. The fraction of sp³-hybridized carbons (Fsp3) is 0.222. The molecule has 2 aromatic heterocycles. The maximum Gasteiger partial charge on any atom is 0.263 e. The van der Waals surface area contributed by atoms with Crippen molar-refractivity contribution in [3.8, 4) is 0 Å². The minimum absolute atomic E-state index is 0.0785. The van der Waals surface area contributed by atoms with Crippen LogP contribution >= 0.6 is 22.7 Å². The van der Waals surface area contributed by atoms with E-state index in [1.807, 2.05) is 12.3 Å². The van der Waals surface area contributed by atoms with Gasteiger partial charge in [0.05, 0.1) is 17.7 Å². The highest BCUT2D eigenvalue weighted by Gasteiger charge is 2.11. The SMILES string of the molecule is Cc1ncsc1C(=O)NCc1nccs1. The average Bonchev–Trinajstić information content (AvgIpc) is 2.84. The molecule has 0 aliphatic carbocycles. The summed E-state index contributed by atoms with van der Waals surface area (Å²) >= 11 is 2.88. The molecule has 0 fully saturated rings. The molecule has 4 nitrogen and oxygen atoms in total. The van der Waals surface area contributed by atoms with Crippen molar-refractivity contribution in [2.45, 2.75) is 13.5 Å². The van der Waals surface area contributed by atoms with E-state index < -0.39 is 0 Å². The standard InChI is InChI=1S/C9H9N3OS2/c1-6-8(15-5-12-6)9(13)11-4-7-10-2-3-14-7/h2-3,5H,4H2,1H3,(H,11,13). The Morgan fingerprint density at radius 3 is 2.93 bits per heavy atom. The molecule has 6 heteroatoms. The lowest BCUT2D eigenvalue weighted by Crippen LogP contribution is -2.22. The highest BCUT2D eigenvalue weighted by molar-refractivity contribution is 7.12. The van der Waals surface area contributed by atoms with E-state index in [0.717, 1.165) is 10.7 Å². The summed E-state index contributed by atoms with van der Waals surface area (Å²) in [5, 5.41) is 5.60. The Morgan fingerprint density at radius 2 is 2.33 bits per heavy atom. The Morgan fingerprint density at radius 1 is 1.47 bits per heavy atom. The first-order chi connectivity index (χ1) is 7.27. The van der Waals surface area contributed by atoms with Gasteiger partial charge in [0, 0.05) is 11.6 Å². The molecule has 15 heavy (non-hydrogen) atoms. The summed E-state index contributed by atoms with van der Waals surface area (Å²) in [5.74, 6) is -0.0785.